The van der Waals surface area contributed by atoms with Gasteiger partial charge in [0.2, 0.25) is 0 Å². The number of nitrogens with one attached hydrogen (secondary N) is 4. The van der Waals surface area contributed by atoms with E-state index in [9.17, 15) is 4.79 Å². The molecule has 6 heteroatoms. The summed E-state index contributed by atoms with van der Waals surface area (Å²) >= 11 is 0. The van der Waals surface area contributed by atoms with E-state index in [4.69, 9.17) is 0 Å². The molecule has 2 aliphatic heterocycles. The topological polar surface area (TPSA) is 68.4 Å². The number of hydrogen-bond acceptors (Lipinski definition) is 5. The van der Waals surface area contributed by atoms with Gasteiger partial charge in [0, 0.05) is 49.5 Å². The van der Waals surface area contributed by atoms with Crippen molar-refractivity contribution in [1.29, 1.82) is 0 Å². The highest BCUT2D eigenvalue weighted by Crippen LogP contribution is 2.18. The highest BCUT2D eigenvalue weighted by molar-refractivity contribution is 5.94. The summed E-state index contributed by atoms with van der Waals surface area (Å²) in [7, 11) is 0. The first-order valence-corrected chi connectivity index (χ1v) is 12.3. The summed E-state index contributed by atoms with van der Waals surface area (Å²) in [5, 5.41) is 13.8. The number of amides is 1. The van der Waals surface area contributed by atoms with Crippen LogP contribution in [0.2, 0.25) is 0 Å². The Morgan fingerprint density at radius 2 is 1.88 bits per heavy atom. The molecule has 4 N–H and O–H groups in total. The molecule has 2 aromatic rings. The molecule has 1 amide bonds. The molecule has 1 unspecified atom stereocenters. The van der Waals surface area contributed by atoms with Crippen LogP contribution in [0.4, 0.5) is 5.69 Å². The molecule has 0 radical (unpaired) electrons. The van der Waals surface area contributed by atoms with Crippen molar-refractivity contribution in [2.45, 2.75) is 44.7 Å². The monoisotopic (exact) mass is 447 g/mol. The predicted molar refractivity (Wildman–Crippen MR) is 135 cm³/mol. The second-order valence-corrected chi connectivity index (χ2v) is 9.10. The van der Waals surface area contributed by atoms with E-state index in [1.165, 1.54) is 24.8 Å². The fourth-order valence-corrected chi connectivity index (χ4v) is 4.51. The number of rotatable bonds is 8. The van der Waals surface area contributed by atoms with Crippen LogP contribution in [0.5, 0.6) is 0 Å². The normalized spacial score (nSPS) is 21.5. The molecule has 2 heterocycles. The Balaban J connectivity index is 1.37. The van der Waals surface area contributed by atoms with Crippen LogP contribution in [0, 0.1) is 0 Å². The van der Waals surface area contributed by atoms with E-state index in [-0.39, 0.29) is 5.91 Å². The van der Waals surface area contributed by atoms with Crippen LogP contribution in [0.3, 0.4) is 0 Å². The molecule has 2 atom stereocenters. The molecular formula is C27H37N5O. The highest BCUT2D eigenvalue weighted by Gasteiger charge is 2.20. The van der Waals surface area contributed by atoms with Gasteiger partial charge in [0.15, 0.2) is 0 Å². The second-order valence-electron chi connectivity index (χ2n) is 9.10. The van der Waals surface area contributed by atoms with Gasteiger partial charge in [-0.25, -0.2) is 0 Å². The first kappa shape index (κ1) is 23.3. The van der Waals surface area contributed by atoms with Crippen LogP contribution < -0.4 is 21.3 Å². The quantitative estimate of drug-likeness (QED) is 0.500. The van der Waals surface area contributed by atoms with Gasteiger partial charge < -0.3 is 26.2 Å². The maximum absolute atomic E-state index is 12.5. The van der Waals surface area contributed by atoms with E-state index < -0.39 is 0 Å². The van der Waals surface area contributed by atoms with Crippen molar-refractivity contribution in [2.75, 3.05) is 38.0 Å². The lowest BCUT2D eigenvalue weighted by molar-refractivity contribution is 0.0954. The van der Waals surface area contributed by atoms with E-state index in [0.29, 0.717) is 24.2 Å². The minimum absolute atomic E-state index is 0.0319. The number of carbonyl (C=O) groups excluding carboxylic acids is 1. The molecule has 0 spiro atoms. The van der Waals surface area contributed by atoms with Crippen molar-refractivity contribution in [1.82, 2.24) is 20.9 Å². The van der Waals surface area contributed by atoms with Gasteiger partial charge in [-0.3, -0.25) is 4.79 Å². The third-order valence-corrected chi connectivity index (χ3v) is 6.38. The summed E-state index contributed by atoms with van der Waals surface area (Å²) in [6.45, 7) is 6.89. The number of piperidine rings is 1. The van der Waals surface area contributed by atoms with Gasteiger partial charge in [0.1, 0.15) is 5.82 Å². The second kappa shape index (κ2) is 11.9. The third kappa shape index (κ3) is 7.07. The summed E-state index contributed by atoms with van der Waals surface area (Å²) in [5.74, 6) is 1.12. The van der Waals surface area contributed by atoms with Crippen LogP contribution in [0.15, 0.2) is 66.5 Å². The summed E-state index contributed by atoms with van der Waals surface area (Å²) in [4.78, 5) is 15.0. The number of nitrogens with zero attached hydrogens (tertiary/aromatic N) is 1. The molecule has 0 aromatic heterocycles. The lowest BCUT2D eigenvalue weighted by Gasteiger charge is -2.36. The number of anilines is 1. The molecule has 0 aliphatic carbocycles. The minimum Gasteiger partial charge on any atom is -0.356 e. The van der Waals surface area contributed by atoms with Crippen molar-refractivity contribution in [2.24, 2.45) is 0 Å². The van der Waals surface area contributed by atoms with Crippen LogP contribution in [0.1, 0.15) is 42.1 Å². The van der Waals surface area contributed by atoms with Crippen molar-refractivity contribution < 1.29 is 4.79 Å². The fourth-order valence-electron chi connectivity index (χ4n) is 4.51. The van der Waals surface area contributed by atoms with Gasteiger partial charge in [0.25, 0.3) is 5.91 Å². The average Bonchev–Trinajstić information content (AvgIpc) is 2.85. The molecule has 6 nitrogen and oxygen atoms in total. The zero-order valence-corrected chi connectivity index (χ0v) is 19.6. The van der Waals surface area contributed by atoms with Gasteiger partial charge in [-0.15, -0.1) is 0 Å². The Labute approximate surface area is 197 Å². The Kier molecular flexibility index (Phi) is 8.39. The largest absolute Gasteiger partial charge is 0.356 e. The third-order valence-electron chi connectivity index (χ3n) is 6.38. The molecule has 2 fully saturated rings. The van der Waals surface area contributed by atoms with Crippen LogP contribution >= 0.6 is 0 Å². The van der Waals surface area contributed by atoms with Crippen molar-refractivity contribution in [3.05, 3.63) is 77.6 Å². The lowest BCUT2D eigenvalue weighted by Crippen LogP contribution is -2.50. The van der Waals surface area contributed by atoms with E-state index >= 15 is 0 Å². The maximum atomic E-state index is 12.5. The molecule has 2 aliphatic rings. The Morgan fingerprint density at radius 1 is 1.06 bits per heavy atom. The Bertz CT molecular complexity index is 906. The number of piperazine rings is 1. The maximum Gasteiger partial charge on any atom is 0.251 e. The summed E-state index contributed by atoms with van der Waals surface area (Å²) in [6, 6.07) is 18.9. The smallest absolute Gasteiger partial charge is 0.251 e. The van der Waals surface area contributed by atoms with E-state index in [1.807, 2.05) is 42.5 Å². The summed E-state index contributed by atoms with van der Waals surface area (Å²) in [6.07, 6.45) is 6.88. The van der Waals surface area contributed by atoms with Crippen molar-refractivity contribution in [3.63, 3.8) is 0 Å². The highest BCUT2D eigenvalue weighted by atomic mass is 16.1. The molecule has 176 valence electrons. The van der Waals surface area contributed by atoms with Crippen LogP contribution in [-0.2, 0) is 6.42 Å². The predicted octanol–water partition coefficient (Wildman–Crippen LogP) is 3.35. The first-order chi connectivity index (χ1) is 16.2. The first-order valence-electron chi connectivity index (χ1n) is 12.3. The number of benzene rings is 2. The number of carbonyl (C=O) groups is 1. The molecule has 33 heavy (non-hydrogen) atoms. The lowest BCUT2D eigenvalue weighted by atomic mass is 10.0. The molecule has 2 aromatic carbocycles. The van der Waals surface area contributed by atoms with Gasteiger partial charge >= 0.3 is 0 Å². The molecule has 2 saturated heterocycles. The average molecular weight is 448 g/mol. The molecular weight excluding hydrogens is 410 g/mol. The van der Waals surface area contributed by atoms with Gasteiger partial charge in [-0.05, 0) is 68.6 Å². The van der Waals surface area contributed by atoms with Gasteiger partial charge in [0.05, 0.1) is 0 Å². The number of hydrogen-bond donors (Lipinski definition) is 4. The van der Waals surface area contributed by atoms with Gasteiger partial charge in [-0.1, -0.05) is 36.8 Å². The molecule has 4 rings (SSSR count). The summed E-state index contributed by atoms with van der Waals surface area (Å²) in [5.41, 5.74) is 2.92. The molecule has 0 saturated carbocycles. The van der Waals surface area contributed by atoms with E-state index in [2.05, 4.69) is 51.3 Å². The Hall–Kier alpha value is -2.83. The molecule has 0 bridgehead atoms. The standard InChI is InChI=1S/C27H37N5O/c1-21-20-32(18-17-28-21)26(19-25-9-5-6-15-29-25)31-24-12-10-23(11-13-24)27(33)30-16-14-22-7-3-2-4-8-22/h2-4,7-8,10-13,19,21,25,28-29,31H,5-6,9,14-18,20H2,1H3,(H,30,33)/b26-19-/t21-,25?/m0/s1. The zero-order valence-electron chi connectivity index (χ0n) is 19.6. The fraction of sp³-hybridized carbons (Fsp3) is 0.444. The zero-order chi connectivity index (χ0) is 22.9. The minimum atomic E-state index is -0.0319. The van der Waals surface area contributed by atoms with E-state index in [1.54, 1.807) is 0 Å². The van der Waals surface area contributed by atoms with E-state index in [0.717, 1.165) is 44.1 Å². The van der Waals surface area contributed by atoms with Crippen molar-refractivity contribution in [3.8, 4) is 0 Å². The van der Waals surface area contributed by atoms with Gasteiger partial charge in [-0.2, -0.15) is 0 Å². The SMILES string of the molecule is C[C@H]1CN(/C(=C\C2CCCCN2)Nc2ccc(C(=O)NCCc3ccccc3)cc2)CCN1. The van der Waals surface area contributed by atoms with Crippen molar-refractivity contribution >= 4 is 11.6 Å². The summed E-state index contributed by atoms with van der Waals surface area (Å²) < 4.78 is 0. The Morgan fingerprint density at radius 3 is 2.61 bits per heavy atom. The van der Waals surface area contributed by atoms with Crippen LogP contribution in [-0.4, -0.2) is 55.6 Å². The van der Waals surface area contributed by atoms with Crippen LogP contribution in [0.25, 0.3) is 0 Å².